The maximum Gasteiger partial charge on any atom is 0.135 e. The third-order valence-electron chi connectivity index (χ3n) is 3.46. The highest BCUT2D eigenvalue weighted by Gasteiger charge is 2.37. The first-order valence-electron chi connectivity index (χ1n) is 5.54. The van der Waals surface area contributed by atoms with Gasteiger partial charge in [-0.1, -0.05) is 13.8 Å². The van der Waals surface area contributed by atoms with Crippen molar-refractivity contribution in [3.8, 4) is 0 Å². The molecule has 0 aliphatic carbocycles. The van der Waals surface area contributed by atoms with E-state index in [9.17, 15) is 0 Å². The lowest BCUT2D eigenvalue weighted by Crippen LogP contribution is -2.47. The molecule has 1 aliphatic rings. The first kappa shape index (κ1) is 11.0. The third-order valence-corrected chi connectivity index (χ3v) is 3.46. The molecule has 0 aromatic rings. The van der Waals surface area contributed by atoms with Crippen LogP contribution in [0.15, 0.2) is 0 Å². The second kappa shape index (κ2) is 3.97. The molecule has 1 fully saturated rings. The van der Waals surface area contributed by atoms with Gasteiger partial charge < -0.3 is 4.48 Å². The van der Waals surface area contributed by atoms with Crippen molar-refractivity contribution < 1.29 is 4.48 Å². The Balaban J connectivity index is 2.50. The van der Waals surface area contributed by atoms with Crippen molar-refractivity contribution in [2.24, 2.45) is 5.92 Å². The van der Waals surface area contributed by atoms with Crippen molar-refractivity contribution >= 4 is 0 Å². The average Bonchev–Trinajstić information content (AvgIpc) is 2.27. The Morgan fingerprint density at radius 3 is 2.46 bits per heavy atom. The van der Waals surface area contributed by atoms with Crippen molar-refractivity contribution in [1.29, 1.82) is 0 Å². The predicted molar refractivity (Wildman–Crippen MR) is 57.5 cm³/mol. The number of quaternary nitrogens is 1. The van der Waals surface area contributed by atoms with E-state index in [1.807, 2.05) is 0 Å². The molecule has 0 saturated carbocycles. The molecule has 1 heterocycles. The standard InChI is InChI=1S/C11H25N2/c1-6-13(5)9-12(7-10(2)3)8-11(13)4/h10-11H,6-9H2,1-5H3/q+1/t11?,13-/m0/s1. The smallest absolute Gasteiger partial charge is 0.135 e. The number of rotatable bonds is 3. The van der Waals surface area contributed by atoms with Crippen LogP contribution in [-0.2, 0) is 0 Å². The van der Waals surface area contributed by atoms with Gasteiger partial charge in [0, 0.05) is 6.54 Å². The molecule has 0 aromatic heterocycles. The minimum Gasteiger partial charge on any atom is -0.310 e. The number of hydrogen-bond acceptors (Lipinski definition) is 1. The molecule has 2 heteroatoms. The Kier molecular flexibility index (Phi) is 3.36. The minimum absolute atomic E-state index is 0.801. The van der Waals surface area contributed by atoms with E-state index in [2.05, 4.69) is 39.6 Å². The Bertz CT molecular complexity index is 167. The van der Waals surface area contributed by atoms with Crippen LogP contribution >= 0.6 is 0 Å². The van der Waals surface area contributed by atoms with Gasteiger partial charge in [-0.15, -0.1) is 0 Å². The monoisotopic (exact) mass is 185 g/mol. The maximum atomic E-state index is 2.61. The fourth-order valence-electron chi connectivity index (χ4n) is 2.29. The van der Waals surface area contributed by atoms with Crippen molar-refractivity contribution in [3.63, 3.8) is 0 Å². The molecule has 0 bridgehead atoms. The highest BCUT2D eigenvalue weighted by molar-refractivity contribution is 4.69. The van der Waals surface area contributed by atoms with Crippen molar-refractivity contribution in [2.75, 3.05) is 33.4 Å². The highest BCUT2D eigenvalue weighted by atomic mass is 15.5. The van der Waals surface area contributed by atoms with E-state index in [1.165, 1.54) is 30.8 Å². The van der Waals surface area contributed by atoms with Crippen LogP contribution in [-0.4, -0.2) is 48.8 Å². The first-order valence-corrected chi connectivity index (χ1v) is 5.54. The van der Waals surface area contributed by atoms with E-state index >= 15 is 0 Å². The Labute approximate surface area is 83.1 Å². The average molecular weight is 185 g/mol. The topological polar surface area (TPSA) is 3.24 Å². The van der Waals surface area contributed by atoms with E-state index < -0.39 is 0 Å². The number of nitrogens with zero attached hydrogens (tertiary/aromatic N) is 2. The second-order valence-corrected chi connectivity index (χ2v) is 5.22. The van der Waals surface area contributed by atoms with Crippen LogP contribution in [0.4, 0.5) is 0 Å². The van der Waals surface area contributed by atoms with Crippen molar-refractivity contribution in [3.05, 3.63) is 0 Å². The summed E-state index contributed by atoms with van der Waals surface area (Å²) in [5.74, 6) is 0.801. The molecule has 1 unspecified atom stereocenters. The fraction of sp³-hybridized carbons (Fsp3) is 1.00. The van der Waals surface area contributed by atoms with Crippen molar-refractivity contribution in [2.45, 2.75) is 33.7 Å². The quantitative estimate of drug-likeness (QED) is 0.606. The van der Waals surface area contributed by atoms with Gasteiger partial charge in [-0.2, -0.15) is 0 Å². The molecule has 0 spiro atoms. The van der Waals surface area contributed by atoms with Crippen molar-refractivity contribution in [1.82, 2.24) is 4.90 Å². The molecular weight excluding hydrogens is 160 g/mol. The van der Waals surface area contributed by atoms with Gasteiger partial charge in [-0.3, -0.25) is 4.90 Å². The first-order chi connectivity index (χ1) is 5.98. The summed E-state index contributed by atoms with van der Waals surface area (Å²) in [6, 6.07) is 0.809. The zero-order chi connectivity index (χ0) is 10.1. The summed E-state index contributed by atoms with van der Waals surface area (Å²) in [6.45, 7) is 14.3. The minimum atomic E-state index is 0.801. The summed E-state index contributed by atoms with van der Waals surface area (Å²) in [5, 5.41) is 0. The molecule has 2 atom stereocenters. The van der Waals surface area contributed by atoms with Gasteiger partial charge in [0.25, 0.3) is 0 Å². The van der Waals surface area contributed by atoms with Crippen LogP contribution in [0.3, 0.4) is 0 Å². The molecule has 0 aromatic carbocycles. The zero-order valence-electron chi connectivity index (χ0n) is 9.88. The Hall–Kier alpha value is -0.0800. The lowest BCUT2D eigenvalue weighted by Gasteiger charge is -2.32. The third kappa shape index (κ3) is 2.44. The molecule has 1 aliphatic heterocycles. The second-order valence-electron chi connectivity index (χ2n) is 5.22. The molecule has 78 valence electrons. The van der Waals surface area contributed by atoms with Gasteiger partial charge in [0.15, 0.2) is 0 Å². The summed E-state index contributed by atoms with van der Waals surface area (Å²) >= 11 is 0. The highest BCUT2D eigenvalue weighted by Crippen LogP contribution is 2.20. The normalized spacial score (nSPS) is 36.0. The SMILES string of the molecule is CC[N@@+]1(C)CN(CC(C)C)CC1C. The van der Waals surface area contributed by atoms with Crippen LogP contribution in [0.1, 0.15) is 27.7 Å². The zero-order valence-corrected chi connectivity index (χ0v) is 9.88. The van der Waals surface area contributed by atoms with Gasteiger partial charge >= 0.3 is 0 Å². The molecule has 0 amide bonds. The largest absolute Gasteiger partial charge is 0.310 e. The molecule has 13 heavy (non-hydrogen) atoms. The summed E-state index contributed by atoms with van der Waals surface area (Å²) in [5.41, 5.74) is 0. The molecule has 1 saturated heterocycles. The lowest BCUT2D eigenvalue weighted by molar-refractivity contribution is -0.920. The van der Waals surface area contributed by atoms with Crippen LogP contribution < -0.4 is 0 Å². The van der Waals surface area contributed by atoms with E-state index in [4.69, 9.17) is 0 Å². The van der Waals surface area contributed by atoms with E-state index in [-0.39, 0.29) is 0 Å². The van der Waals surface area contributed by atoms with Crippen LogP contribution in [0.5, 0.6) is 0 Å². The lowest BCUT2D eigenvalue weighted by atomic mass is 10.2. The predicted octanol–water partition coefficient (Wildman–Crippen LogP) is 1.77. The van der Waals surface area contributed by atoms with Gasteiger partial charge in [0.05, 0.1) is 20.1 Å². The number of hydrogen-bond donors (Lipinski definition) is 0. The van der Waals surface area contributed by atoms with Crippen LogP contribution in [0.2, 0.25) is 0 Å². The molecule has 1 rings (SSSR count). The summed E-state index contributed by atoms with van der Waals surface area (Å²) in [6.07, 6.45) is 0. The summed E-state index contributed by atoms with van der Waals surface area (Å²) in [7, 11) is 2.38. The van der Waals surface area contributed by atoms with E-state index in [0.29, 0.717) is 0 Å². The molecular formula is C11H25N2+. The van der Waals surface area contributed by atoms with E-state index in [1.54, 1.807) is 0 Å². The van der Waals surface area contributed by atoms with Gasteiger partial charge in [0.1, 0.15) is 12.7 Å². The van der Waals surface area contributed by atoms with E-state index in [0.717, 1.165) is 12.0 Å². The summed E-state index contributed by atoms with van der Waals surface area (Å²) < 4.78 is 1.23. The van der Waals surface area contributed by atoms with Gasteiger partial charge in [-0.05, 0) is 19.8 Å². The van der Waals surface area contributed by atoms with Gasteiger partial charge in [-0.25, -0.2) is 0 Å². The molecule has 2 nitrogen and oxygen atoms in total. The Morgan fingerprint density at radius 1 is 1.46 bits per heavy atom. The fourth-order valence-corrected chi connectivity index (χ4v) is 2.29. The summed E-state index contributed by atoms with van der Waals surface area (Å²) in [4.78, 5) is 2.61. The maximum absolute atomic E-state index is 2.61. The number of likely N-dealkylation sites (N-methyl/N-ethyl adjacent to an activating group) is 1. The van der Waals surface area contributed by atoms with Crippen LogP contribution in [0.25, 0.3) is 0 Å². The van der Waals surface area contributed by atoms with Gasteiger partial charge in [0.2, 0.25) is 0 Å². The Morgan fingerprint density at radius 2 is 2.08 bits per heavy atom. The molecule has 0 radical (unpaired) electrons. The molecule has 0 N–H and O–H groups in total. The van der Waals surface area contributed by atoms with Crippen LogP contribution in [0, 0.1) is 5.92 Å².